The zero-order valence-corrected chi connectivity index (χ0v) is 25.5. The van der Waals surface area contributed by atoms with Crippen molar-refractivity contribution in [3.05, 3.63) is 97.1 Å². The SMILES string of the molecule is CC1(OC(=O)COc2ccc(Oc3ccc([S+](c4ccc(O)cc4)c4ccc(O)cc4)cc3)cc2)C2CC3CC(C2)CC1C3. The molecule has 0 radical (unpaired) electrons. The molecule has 226 valence electrons. The van der Waals surface area contributed by atoms with Gasteiger partial charge in [-0.3, -0.25) is 0 Å². The molecule has 4 fully saturated rings. The molecule has 0 unspecified atom stereocenters. The summed E-state index contributed by atoms with van der Waals surface area (Å²) in [5, 5.41) is 19.6. The predicted molar refractivity (Wildman–Crippen MR) is 168 cm³/mol. The molecular weight excluding hydrogens is 572 g/mol. The molecule has 4 bridgehead atoms. The average molecular weight is 610 g/mol. The van der Waals surface area contributed by atoms with Gasteiger partial charge in [-0.25, -0.2) is 4.79 Å². The van der Waals surface area contributed by atoms with Crippen LogP contribution in [-0.2, 0) is 20.4 Å². The van der Waals surface area contributed by atoms with Crippen molar-refractivity contribution in [2.24, 2.45) is 23.7 Å². The fourth-order valence-corrected chi connectivity index (χ4v) is 9.70. The molecule has 4 saturated carbocycles. The van der Waals surface area contributed by atoms with E-state index in [4.69, 9.17) is 14.2 Å². The molecule has 0 aromatic heterocycles. The van der Waals surface area contributed by atoms with Crippen LogP contribution in [-0.4, -0.2) is 28.4 Å². The quantitative estimate of drug-likeness (QED) is 0.147. The third-order valence-electron chi connectivity index (χ3n) is 9.71. The first kappa shape index (κ1) is 28.7. The maximum absolute atomic E-state index is 12.8. The molecule has 7 heteroatoms. The normalized spacial score (nSPS) is 25.1. The van der Waals surface area contributed by atoms with Crippen LogP contribution in [0, 0.1) is 23.7 Å². The maximum Gasteiger partial charge on any atom is 0.344 e. The smallest absolute Gasteiger partial charge is 0.344 e. The fraction of sp³-hybridized carbons (Fsp3) is 0.324. The van der Waals surface area contributed by atoms with Gasteiger partial charge in [0.05, 0.1) is 10.9 Å². The molecule has 2 N–H and O–H groups in total. The van der Waals surface area contributed by atoms with E-state index in [0.717, 1.165) is 26.5 Å². The van der Waals surface area contributed by atoms with Gasteiger partial charge in [-0.05, 0) is 160 Å². The lowest BCUT2D eigenvalue weighted by Crippen LogP contribution is -2.58. The van der Waals surface area contributed by atoms with Gasteiger partial charge in [0, 0.05) is 0 Å². The summed E-state index contributed by atoms with van der Waals surface area (Å²) in [6, 6.07) is 29.6. The molecule has 6 nitrogen and oxygen atoms in total. The summed E-state index contributed by atoms with van der Waals surface area (Å²) < 4.78 is 18.0. The van der Waals surface area contributed by atoms with E-state index >= 15 is 0 Å². The highest BCUT2D eigenvalue weighted by Gasteiger charge is 2.57. The van der Waals surface area contributed by atoms with Gasteiger partial charge in [-0.2, -0.15) is 0 Å². The van der Waals surface area contributed by atoms with Crippen LogP contribution in [0.3, 0.4) is 0 Å². The number of rotatable bonds is 9. The number of hydrogen-bond acceptors (Lipinski definition) is 6. The first-order valence-electron chi connectivity index (χ1n) is 15.4. The van der Waals surface area contributed by atoms with Crippen LogP contribution in [0.2, 0.25) is 0 Å². The second-order valence-corrected chi connectivity index (χ2v) is 14.6. The van der Waals surface area contributed by atoms with E-state index in [2.05, 4.69) is 6.92 Å². The van der Waals surface area contributed by atoms with Gasteiger partial charge >= 0.3 is 5.97 Å². The molecular formula is C37H37O6S+. The van der Waals surface area contributed by atoms with Crippen molar-refractivity contribution in [3.63, 3.8) is 0 Å². The Labute approximate surface area is 261 Å². The number of esters is 1. The fourth-order valence-electron chi connectivity index (χ4n) is 7.66. The Kier molecular flexibility index (Phi) is 7.67. The molecule has 0 amide bonds. The third kappa shape index (κ3) is 5.85. The second kappa shape index (κ2) is 11.8. The predicted octanol–water partition coefficient (Wildman–Crippen LogP) is 8.12. The molecule has 4 aromatic carbocycles. The Morgan fingerprint density at radius 1 is 0.659 bits per heavy atom. The highest BCUT2D eigenvalue weighted by molar-refractivity contribution is 7.97. The number of aromatic hydroxyl groups is 2. The Bertz CT molecular complexity index is 1520. The van der Waals surface area contributed by atoms with Gasteiger partial charge in [0.25, 0.3) is 0 Å². The van der Waals surface area contributed by atoms with E-state index in [1.807, 2.05) is 60.7 Å². The zero-order chi connectivity index (χ0) is 30.3. The molecule has 0 aliphatic heterocycles. The lowest BCUT2D eigenvalue weighted by Gasteiger charge is -2.59. The van der Waals surface area contributed by atoms with E-state index < -0.39 is 10.9 Å². The number of phenols is 2. The van der Waals surface area contributed by atoms with Crippen LogP contribution in [0.1, 0.15) is 39.0 Å². The van der Waals surface area contributed by atoms with E-state index in [9.17, 15) is 15.0 Å². The van der Waals surface area contributed by atoms with Crippen molar-refractivity contribution in [1.29, 1.82) is 0 Å². The van der Waals surface area contributed by atoms with Gasteiger partial charge in [0.1, 0.15) is 34.3 Å². The summed E-state index contributed by atoms with van der Waals surface area (Å²) in [5.41, 5.74) is -0.351. The van der Waals surface area contributed by atoms with Crippen molar-refractivity contribution in [1.82, 2.24) is 0 Å². The summed E-state index contributed by atoms with van der Waals surface area (Å²) in [4.78, 5) is 16.0. The molecule has 0 heterocycles. The van der Waals surface area contributed by atoms with Crippen molar-refractivity contribution in [2.75, 3.05) is 6.61 Å². The topological polar surface area (TPSA) is 85.2 Å². The van der Waals surface area contributed by atoms with Crippen molar-refractivity contribution in [3.8, 4) is 28.7 Å². The highest BCUT2D eigenvalue weighted by atomic mass is 32.2. The Balaban J connectivity index is 0.967. The Morgan fingerprint density at radius 3 is 1.55 bits per heavy atom. The Morgan fingerprint density at radius 2 is 1.07 bits per heavy atom. The van der Waals surface area contributed by atoms with Gasteiger partial charge in [-0.1, -0.05) is 0 Å². The average Bonchev–Trinajstić information content (AvgIpc) is 3.02. The molecule has 8 rings (SSSR count). The molecule has 4 aliphatic carbocycles. The number of hydrogen-bond donors (Lipinski definition) is 2. The molecule has 0 atom stereocenters. The first-order chi connectivity index (χ1) is 21.3. The maximum atomic E-state index is 12.8. The van der Waals surface area contributed by atoms with E-state index in [1.54, 1.807) is 36.4 Å². The van der Waals surface area contributed by atoms with Crippen LogP contribution in [0.15, 0.2) is 112 Å². The standard InChI is InChI=1S/C37H36O6S/c1-37(26-19-24-18-25(21-26)22-27(37)20-24)43-36(40)23-41-30-6-8-31(9-7-30)42-32-10-16-35(17-11-32)44(33-12-2-28(38)3-13-33)34-14-4-29(39)5-15-34/h2-17,24-27H,18-23H2,1H3,(H-,38,39)/p+1. The number of carbonyl (C=O) groups is 1. The summed E-state index contributed by atoms with van der Waals surface area (Å²) in [6.07, 6.45) is 6.15. The number of phenolic OH excluding ortho intramolecular Hbond substituents is 2. The van der Waals surface area contributed by atoms with E-state index in [0.29, 0.717) is 29.1 Å². The lowest BCUT2D eigenvalue weighted by molar-refractivity contribution is -0.204. The zero-order valence-electron chi connectivity index (χ0n) is 24.7. The first-order valence-corrected chi connectivity index (χ1v) is 16.6. The van der Waals surface area contributed by atoms with Gasteiger partial charge in [-0.15, -0.1) is 0 Å². The monoisotopic (exact) mass is 609 g/mol. The molecule has 0 saturated heterocycles. The van der Waals surface area contributed by atoms with Gasteiger partial charge < -0.3 is 24.4 Å². The van der Waals surface area contributed by atoms with Crippen LogP contribution in [0.5, 0.6) is 28.7 Å². The lowest BCUT2D eigenvalue weighted by atomic mass is 9.50. The van der Waals surface area contributed by atoms with Crippen LogP contribution in [0.4, 0.5) is 0 Å². The summed E-state index contributed by atoms with van der Waals surface area (Å²) in [6.45, 7) is 2.05. The van der Waals surface area contributed by atoms with Crippen molar-refractivity contribution < 1.29 is 29.2 Å². The summed E-state index contributed by atoms with van der Waals surface area (Å²) >= 11 is 0. The summed E-state index contributed by atoms with van der Waals surface area (Å²) in [5.74, 6) is 4.70. The Hall–Kier alpha value is -4.10. The van der Waals surface area contributed by atoms with Crippen molar-refractivity contribution >= 4 is 16.9 Å². The van der Waals surface area contributed by atoms with Gasteiger partial charge in [0.2, 0.25) is 0 Å². The third-order valence-corrected chi connectivity index (χ3v) is 11.9. The number of carbonyl (C=O) groups excluding carboxylic acids is 1. The van der Waals surface area contributed by atoms with E-state index in [-0.39, 0.29) is 29.7 Å². The van der Waals surface area contributed by atoms with E-state index in [1.165, 1.54) is 32.1 Å². The number of ether oxygens (including phenoxy) is 3. The van der Waals surface area contributed by atoms with Gasteiger partial charge in [0.15, 0.2) is 21.3 Å². The molecule has 44 heavy (non-hydrogen) atoms. The van der Waals surface area contributed by atoms with Crippen LogP contribution >= 0.6 is 0 Å². The van der Waals surface area contributed by atoms with Crippen molar-refractivity contribution in [2.45, 2.75) is 59.3 Å². The minimum atomic E-state index is -0.434. The van der Waals surface area contributed by atoms with Crippen LogP contribution < -0.4 is 9.47 Å². The minimum Gasteiger partial charge on any atom is -0.508 e. The largest absolute Gasteiger partial charge is 0.508 e. The molecule has 0 spiro atoms. The number of benzene rings is 4. The molecule has 4 aliphatic rings. The highest BCUT2D eigenvalue weighted by Crippen LogP contribution is 2.59. The minimum absolute atomic E-state index is 0.104. The summed E-state index contributed by atoms with van der Waals surface area (Å²) in [7, 11) is -0.434. The van der Waals surface area contributed by atoms with Crippen LogP contribution in [0.25, 0.3) is 0 Å². The molecule has 4 aromatic rings. The second-order valence-electron chi connectivity index (χ2n) is 12.6.